The number of aryl methyl sites for hydroxylation is 2. The first-order chi connectivity index (χ1) is 21.9. The Morgan fingerprint density at radius 1 is 1.07 bits per heavy atom. The number of nitrogens with one attached hydrogen (secondary N) is 1. The fourth-order valence-corrected chi connectivity index (χ4v) is 7.34. The Labute approximate surface area is 275 Å². The molecule has 2 amide bonds. The predicted molar refractivity (Wildman–Crippen MR) is 174 cm³/mol. The minimum absolute atomic E-state index is 0.00327. The van der Waals surface area contributed by atoms with Gasteiger partial charge in [0.15, 0.2) is 0 Å². The van der Waals surface area contributed by atoms with E-state index in [2.05, 4.69) is 47.8 Å². The molecule has 0 spiro atoms. The molecule has 2 aromatic heterocycles. The summed E-state index contributed by atoms with van der Waals surface area (Å²) in [6.45, 7) is 1.69. The van der Waals surface area contributed by atoms with Crippen molar-refractivity contribution in [2.75, 3.05) is 26.2 Å². The Morgan fingerprint density at radius 3 is 2.67 bits per heavy atom. The number of para-hydroxylation sites is 1. The van der Waals surface area contributed by atoms with Gasteiger partial charge < -0.3 is 14.6 Å². The lowest BCUT2D eigenvalue weighted by Crippen LogP contribution is -2.61. The molecule has 3 heterocycles. The number of nitrogens with zero attached hydrogens (tertiary/aromatic N) is 5. The largest absolute Gasteiger partial charge is 0.416 e. The highest BCUT2D eigenvalue weighted by molar-refractivity contribution is 9.10. The van der Waals surface area contributed by atoms with Gasteiger partial charge in [-0.25, -0.2) is 9.78 Å². The van der Waals surface area contributed by atoms with E-state index in [1.165, 1.54) is 5.56 Å². The van der Waals surface area contributed by atoms with Crippen LogP contribution in [0.4, 0.5) is 4.79 Å². The van der Waals surface area contributed by atoms with Crippen LogP contribution < -0.4 is 10.1 Å². The molecule has 11 heteroatoms. The number of hydrogen-bond acceptors (Lipinski definition) is 6. The third kappa shape index (κ3) is 6.23. The van der Waals surface area contributed by atoms with Crippen LogP contribution in [0.1, 0.15) is 47.7 Å². The van der Waals surface area contributed by atoms with Crippen LogP contribution in [0.2, 0.25) is 5.02 Å². The van der Waals surface area contributed by atoms with E-state index in [4.69, 9.17) is 21.3 Å². The van der Waals surface area contributed by atoms with Crippen molar-refractivity contribution in [1.82, 2.24) is 29.7 Å². The highest BCUT2D eigenvalue weighted by atomic mass is 79.9. The standard InChI is InChI=1S/C34H34BrClN6O3/c35-25-18-24-7-6-23-19-26(36)8-9-28(23)31(30(24)39-20-25)40-16-17-42(33(44)45-27-4-2-1-3-5-27)29(21-40)32(43)38-13-12-34(10-11-34)41-15-14-37-22-41/h1-5,8-9,14-15,18-20,22,29,31H,6-7,10-13,16-17,21H2,(H,38,43)/t29-,31?/m1/s1. The number of carbonyl (C=O) groups excluding carboxylic acids is 2. The summed E-state index contributed by atoms with van der Waals surface area (Å²) in [6.07, 6.45) is 11.5. The zero-order valence-corrected chi connectivity index (χ0v) is 27.1. The molecule has 2 aromatic carbocycles. The van der Waals surface area contributed by atoms with Gasteiger partial charge in [-0.2, -0.15) is 0 Å². The van der Waals surface area contributed by atoms with Gasteiger partial charge in [0.1, 0.15) is 11.8 Å². The fraction of sp³-hybridized carbons (Fsp3) is 0.353. The predicted octanol–water partition coefficient (Wildman–Crippen LogP) is 5.76. The molecule has 1 aliphatic heterocycles. The van der Waals surface area contributed by atoms with Crippen LogP contribution in [0.3, 0.4) is 0 Å². The van der Waals surface area contributed by atoms with Crippen molar-refractivity contribution in [3.8, 4) is 5.75 Å². The third-order valence-corrected chi connectivity index (χ3v) is 9.99. The monoisotopic (exact) mass is 688 g/mol. The number of amides is 2. The van der Waals surface area contributed by atoms with Gasteiger partial charge in [0.25, 0.3) is 0 Å². The lowest BCUT2D eigenvalue weighted by atomic mass is 9.95. The van der Waals surface area contributed by atoms with Gasteiger partial charge in [-0.15, -0.1) is 0 Å². The number of aromatic nitrogens is 3. The molecule has 2 fully saturated rings. The molecular formula is C34H34BrClN6O3. The molecule has 1 saturated heterocycles. The maximum absolute atomic E-state index is 14.0. The maximum Gasteiger partial charge on any atom is 0.416 e. The van der Waals surface area contributed by atoms with E-state index < -0.39 is 12.1 Å². The van der Waals surface area contributed by atoms with Crippen molar-refractivity contribution in [1.29, 1.82) is 0 Å². The van der Waals surface area contributed by atoms with Crippen LogP contribution in [-0.4, -0.2) is 68.6 Å². The zero-order chi connectivity index (χ0) is 31.0. The van der Waals surface area contributed by atoms with E-state index in [9.17, 15) is 9.59 Å². The summed E-state index contributed by atoms with van der Waals surface area (Å²) in [5.41, 5.74) is 4.42. The van der Waals surface area contributed by atoms with Gasteiger partial charge in [-0.05, 0) is 95.1 Å². The van der Waals surface area contributed by atoms with E-state index in [0.29, 0.717) is 37.0 Å². The molecule has 3 aliphatic rings. The molecular weight excluding hydrogens is 656 g/mol. The van der Waals surface area contributed by atoms with Crippen molar-refractivity contribution in [3.05, 3.63) is 111 Å². The van der Waals surface area contributed by atoms with Crippen LogP contribution in [-0.2, 0) is 23.2 Å². The van der Waals surface area contributed by atoms with E-state index in [-0.39, 0.29) is 17.5 Å². The molecule has 45 heavy (non-hydrogen) atoms. The number of halogens is 2. The number of ether oxygens (including phenoxy) is 1. The van der Waals surface area contributed by atoms with Gasteiger partial charge in [0.05, 0.1) is 18.1 Å². The van der Waals surface area contributed by atoms with Crippen molar-refractivity contribution in [2.45, 2.75) is 49.7 Å². The second-order valence-corrected chi connectivity index (χ2v) is 13.4. The van der Waals surface area contributed by atoms with E-state index in [1.54, 1.807) is 23.2 Å². The number of imidazole rings is 1. The Kier molecular flexibility index (Phi) is 8.37. The quantitative estimate of drug-likeness (QED) is 0.265. The lowest BCUT2D eigenvalue weighted by Gasteiger charge is -2.43. The normalized spacial score (nSPS) is 20.4. The Morgan fingerprint density at radius 2 is 1.89 bits per heavy atom. The van der Waals surface area contributed by atoms with E-state index in [1.807, 2.05) is 49.1 Å². The number of carbonyl (C=O) groups is 2. The van der Waals surface area contributed by atoms with Crippen molar-refractivity contribution in [3.63, 3.8) is 0 Å². The SMILES string of the molecule is O=C(NCCC1(n2ccnc2)CC1)[C@H]1CN(C2c3ccc(Cl)cc3CCc3cc(Br)cnc32)CCN1C(=O)Oc1ccccc1. The first-order valence-electron chi connectivity index (χ1n) is 15.4. The number of pyridine rings is 1. The van der Waals surface area contributed by atoms with E-state index in [0.717, 1.165) is 53.4 Å². The molecule has 1 unspecified atom stereocenters. The van der Waals surface area contributed by atoms with Crippen molar-refractivity contribution >= 4 is 39.5 Å². The molecule has 1 N–H and O–H groups in total. The van der Waals surface area contributed by atoms with Gasteiger partial charge in [-0.3, -0.25) is 19.6 Å². The fourth-order valence-electron chi connectivity index (χ4n) is 6.77. The lowest BCUT2D eigenvalue weighted by molar-refractivity contribution is -0.128. The second-order valence-electron chi connectivity index (χ2n) is 12.1. The minimum Gasteiger partial charge on any atom is -0.410 e. The van der Waals surface area contributed by atoms with Crippen LogP contribution in [0.15, 0.2) is 84.0 Å². The summed E-state index contributed by atoms with van der Waals surface area (Å²) in [7, 11) is 0. The summed E-state index contributed by atoms with van der Waals surface area (Å²) in [5, 5.41) is 3.86. The van der Waals surface area contributed by atoms with Crippen molar-refractivity contribution in [2.24, 2.45) is 0 Å². The second kappa shape index (κ2) is 12.6. The number of benzene rings is 2. The minimum atomic E-state index is -0.753. The van der Waals surface area contributed by atoms with Crippen LogP contribution >= 0.6 is 27.5 Å². The third-order valence-electron chi connectivity index (χ3n) is 9.32. The average Bonchev–Trinajstić information content (AvgIpc) is 3.66. The molecule has 232 valence electrons. The summed E-state index contributed by atoms with van der Waals surface area (Å²) in [5.74, 6) is 0.249. The molecule has 0 radical (unpaired) electrons. The summed E-state index contributed by atoms with van der Waals surface area (Å²) < 4.78 is 8.81. The van der Waals surface area contributed by atoms with Crippen LogP contribution in [0.25, 0.3) is 0 Å². The highest BCUT2D eigenvalue weighted by Gasteiger charge is 2.45. The number of hydrogen-bond donors (Lipinski definition) is 1. The molecule has 4 aromatic rings. The molecule has 7 rings (SSSR count). The molecule has 0 bridgehead atoms. The van der Waals surface area contributed by atoms with Gasteiger partial charge in [-0.1, -0.05) is 35.9 Å². The number of piperazine rings is 1. The summed E-state index contributed by atoms with van der Waals surface area (Å²) in [4.78, 5) is 40.5. The maximum atomic E-state index is 14.0. The van der Waals surface area contributed by atoms with Crippen LogP contribution in [0, 0.1) is 0 Å². The number of rotatable bonds is 7. The highest BCUT2D eigenvalue weighted by Crippen LogP contribution is 2.46. The van der Waals surface area contributed by atoms with Gasteiger partial charge in [0, 0.05) is 59.8 Å². The number of fused-ring (bicyclic) bond motifs is 2. The average molecular weight is 690 g/mol. The molecule has 2 atom stereocenters. The first kappa shape index (κ1) is 30.0. The molecule has 9 nitrogen and oxygen atoms in total. The van der Waals surface area contributed by atoms with Gasteiger partial charge >= 0.3 is 6.09 Å². The zero-order valence-electron chi connectivity index (χ0n) is 24.7. The summed E-state index contributed by atoms with van der Waals surface area (Å²) >= 11 is 10.0. The molecule has 2 aliphatic carbocycles. The van der Waals surface area contributed by atoms with Crippen molar-refractivity contribution < 1.29 is 14.3 Å². The molecule has 1 saturated carbocycles. The smallest absolute Gasteiger partial charge is 0.410 e. The first-order valence-corrected chi connectivity index (χ1v) is 16.5. The van der Waals surface area contributed by atoms with E-state index >= 15 is 0 Å². The Hall–Kier alpha value is -3.73. The van der Waals surface area contributed by atoms with Gasteiger partial charge in [0.2, 0.25) is 5.91 Å². The Bertz CT molecular complexity index is 1640. The topological polar surface area (TPSA) is 92.6 Å². The Balaban J connectivity index is 1.16. The summed E-state index contributed by atoms with van der Waals surface area (Å²) in [6, 6.07) is 16.2. The van der Waals surface area contributed by atoms with Crippen LogP contribution in [0.5, 0.6) is 5.75 Å².